The van der Waals surface area contributed by atoms with Crippen molar-refractivity contribution in [2.75, 3.05) is 0 Å². The molecule has 4 nitrogen and oxygen atoms in total. The molecule has 0 unspecified atom stereocenters. The molecule has 0 bridgehead atoms. The summed E-state index contributed by atoms with van der Waals surface area (Å²) in [5, 5.41) is 2.38. The van der Waals surface area contributed by atoms with Gasteiger partial charge >= 0.3 is 0 Å². The van der Waals surface area contributed by atoms with E-state index in [-0.39, 0.29) is 0 Å². The first kappa shape index (κ1) is 19.9. The molecule has 0 N–H and O–H groups in total. The van der Waals surface area contributed by atoms with Gasteiger partial charge in [0.15, 0.2) is 0 Å². The molecule has 0 amide bonds. The van der Waals surface area contributed by atoms with Crippen molar-refractivity contribution in [3.63, 3.8) is 0 Å². The Bertz CT molecular complexity index is 1480. The van der Waals surface area contributed by atoms with E-state index in [1.807, 2.05) is 48.8 Å². The fourth-order valence-corrected chi connectivity index (χ4v) is 4.33. The molecule has 0 atom stereocenters. The number of pyridine rings is 4. The van der Waals surface area contributed by atoms with Crippen molar-refractivity contribution in [1.82, 2.24) is 19.9 Å². The van der Waals surface area contributed by atoms with Gasteiger partial charge in [0.25, 0.3) is 0 Å². The van der Waals surface area contributed by atoms with Crippen molar-refractivity contribution in [2.24, 2.45) is 0 Å². The summed E-state index contributed by atoms with van der Waals surface area (Å²) in [6.07, 6.45) is 7.30. The van der Waals surface area contributed by atoms with E-state index in [2.05, 4.69) is 80.6 Å². The minimum atomic E-state index is 0.855. The van der Waals surface area contributed by atoms with E-state index in [1.54, 1.807) is 12.4 Å². The third kappa shape index (κ3) is 3.71. The molecule has 4 heteroatoms. The highest BCUT2D eigenvalue weighted by molar-refractivity contribution is 6.06. The molecule has 4 heterocycles. The summed E-state index contributed by atoms with van der Waals surface area (Å²) in [6, 6.07) is 33.0. The first-order valence-corrected chi connectivity index (χ1v) is 11.1. The molecular formula is C30H20N4. The molecule has 160 valence electrons. The summed E-state index contributed by atoms with van der Waals surface area (Å²) < 4.78 is 0. The zero-order valence-electron chi connectivity index (χ0n) is 18.3. The first-order valence-electron chi connectivity index (χ1n) is 11.1. The zero-order valence-corrected chi connectivity index (χ0v) is 18.3. The highest BCUT2D eigenvalue weighted by Crippen LogP contribution is 2.37. The average Bonchev–Trinajstić information content (AvgIpc) is 2.93. The number of hydrogen-bond donors (Lipinski definition) is 0. The third-order valence-corrected chi connectivity index (χ3v) is 5.90. The van der Waals surface area contributed by atoms with Crippen LogP contribution in [0.5, 0.6) is 0 Å². The molecule has 0 aliphatic rings. The molecule has 2 aromatic carbocycles. The van der Waals surface area contributed by atoms with Gasteiger partial charge in [0, 0.05) is 24.8 Å². The van der Waals surface area contributed by atoms with Gasteiger partial charge in [-0.3, -0.25) is 19.9 Å². The Morgan fingerprint density at radius 2 is 0.882 bits per heavy atom. The van der Waals surface area contributed by atoms with Crippen LogP contribution in [0, 0.1) is 0 Å². The lowest BCUT2D eigenvalue weighted by Crippen LogP contribution is -1.91. The van der Waals surface area contributed by atoms with Gasteiger partial charge in [-0.05, 0) is 81.6 Å². The van der Waals surface area contributed by atoms with Crippen LogP contribution in [0.25, 0.3) is 55.8 Å². The molecule has 34 heavy (non-hydrogen) atoms. The van der Waals surface area contributed by atoms with Crippen LogP contribution >= 0.6 is 0 Å². The SMILES string of the molecule is c1ccc(-c2cc(-c3cccc4cccc(-c5ccnc(-c6ccccn6)c5)c34)ccn2)nc1. The molecular weight excluding hydrogens is 416 g/mol. The van der Waals surface area contributed by atoms with Crippen LogP contribution < -0.4 is 0 Å². The van der Waals surface area contributed by atoms with Gasteiger partial charge in [-0.1, -0.05) is 48.5 Å². The van der Waals surface area contributed by atoms with E-state index < -0.39 is 0 Å². The van der Waals surface area contributed by atoms with Gasteiger partial charge in [-0.25, -0.2) is 0 Å². The van der Waals surface area contributed by atoms with Crippen molar-refractivity contribution < 1.29 is 0 Å². The predicted octanol–water partition coefficient (Wildman–Crippen LogP) is 7.09. The number of aromatic nitrogens is 4. The molecule has 4 aromatic heterocycles. The number of rotatable bonds is 4. The van der Waals surface area contributed by atoms with Gasteiger partial charge < -0.3 is 0 Å². The second-order valence-electron chi connectivity index (χ2n) is 8.00. The van der Waals surface area contributed by atoms with E-state index in [1.165, 1.54) is 10.8 Å². The Hall–Kier alpha value is -4.70. The van der Waals surface area contributed by atoms with E-state index >= 15 is 0 Å². The monoisotopic (exact) mass is 436 g/mol. The van der Waals surface area contributed by atoms with Crippen molar-refractivity contribution in [3.05, 3.63) is 122 Å². The number of nitrogens with zero attached hydrogens (tertiary/aromatic N) is 4. The zero-order chi connectivity index (χ0) is 22.7. The molecule has 6 aromatic rings. The van der Waals surface area contributed by atoms with Crippen LogP contribution in [0.2, 0.25) is 0 Å². The van der Waals surface area contributed by atoms with E-state index in [9.17, 15) is 0 Å². The number of fused-ring (bicyclic) bond motifs is 1. The predicted molar refractivity (Wildman–Crippen MR) is 137 cm³/mol. The summed E-state index contributed by atoms with van der Waals surface area (Å²) >= 11 is 0. The number of hydrogen-bond acceptors (Lipinski definition) is 4. The Morgan fingerprint density at radius 1 is 0.382 bits per heavy atom. The van der Waals surface area contributed by atoms with Crippen LogP contribution in [-0.4, -0.2) is 19.9 Å². The average molecular weight is 437 g/mol. The lowest BCUT2D eigenvalue weighted by Gasteiger charge is -2.14. The molecule has 6 rings (SSSR count). The maximum atomic E-state index is 4.56. The number of benzene rings is 2. The molecule has 0 spiro atoms. The summed E-state index contributed by atoms with van der Waals surface area (Å²) in [7, 11) is 0. The minimum absolute atomic E-state index is 0.855. The van der Waals surface area contributed by atoms with Gasteiger partial charge in [0.2, 0.25) is 0 Å². The van der Waals surface area contributed by atoms with Crippen LogP contribution in [0.1, 0.15) is 0 Å². The van der Waals surface area contributed by atoms with Crippen LogP contribution in [0.4, 0.5) is 0 Å². The van der Waals surface area contributed by atoms with Crippen molar-refractivity contribution in [1.29, 1.82) is 0 Å². The van der Waals surface area contributed by atoms with E-state index in [0.29, 0.717) is 0 Å². The Morgan fingerprint density at radius 3 is 1.35 bits per heavy atom. The van der Waals surface area contributed by atoms with Gasteiger partial charge in [0.1, 0.15) is 0 Å². The standard InChI is InChI=1S/C30H20N4/c1-3-15-31-26(11-1)28-19-22(13-17-33-28)24-9-5-7-21-8-6-10-25(30(21)24)23-14-18-34-29(20-23)27-12-2-4-16-32-27/h1-20H. The summed E-state index contributed by atoms with van der Waals surface area (Å²) in [4.78, 5) is 18.1. The second kappa shape index (κ2) is 8.68. The highest BCUT2D eigenvalue weighted by atomic mass is 14.8. The fraction of sp³-hybridized carbons (Fsp3) is 0. The largest absolute Gasteiger partial charge is 0.255 e. The van der Waals surface area contributed by atoms with Crippen LogP contribution in [-0.2, 0) is 0 Å². The van der Waals surface area contributed by atoms with E-state index in [0.717, 1.165) is 45.0 Å². The fourth-order valence-electron chi connectivity index (χ4n) is 4.33. The van der Waals surface area contributed by atoms with Crippen LogP contribution in [0.3, 0.4) is 0 Å². The van der Waals surface area contributed by atoms with E-state index in [4.69, 9.17) is 0 Å². The normalized spacial score (nSPS) is 10.9. The van der Waals surface area contributed by atoms with Gasteiger partial charge in [0.05, 0.1) is 22.8 Å². The quantitative estimate of drug-likeness (QED) is 0.296. The first-order chi connectivity index (χ1) is 16.9. The summed E-state index contributed by atoms with van der Waals surface area (Å²) in [5.74, 6) is 0. The molecule has 0 saturated heterocycles. The minimum Gasteiger partial charge on any atom is -0.255 e. The Kier molecular flexibility index (Phi) is 5.09. The molecule has 0 radical (unpaired) electrons. The van der Waals surface area contributed by atoms with Crippen molar-refractivity contribution in [2.45, 2.75) is 0 Å². The maximum absolute atomic E-state index is 4.56. The maximum Gasteiger partial charge on any atom is 0.0892 e. The molecule has 0 fully saturated rings. The lowest BCUT2D eigenvalue weighted by atomic mass is 9.91. The van der Waals surface area contributed by atoms with Crippen molar-refractivity contribution >= 4 is 10.8 Å². The smallest absolute Gasteiger partial charge is 0.0892 e. The van der Waals surface area contributed by atoms with Gasteiger partial charge in [-0.15, -0.1) is 0 Å². The van der Waals surface area contributed by atoms with Gasteiger partial charge in [-0.2, -0.15) is 0 Å². The molecule has 0 saturated carbocycles. The third-order valence-electron chi connectivity index (χ3n) is 5.90. The lowest BCUT2D eigenvalue weighted by molar-refractivity contribution is 1.25. The Balaban J connectivity index is 1.54. The van der Waals surface area contributed by atoms with Crippen molar-refractivity contribution in [3.8, 4) is 45.0 Å². The second-order valence-corrected chi connectivity index (χ2v) is 8.00. The molecule has 0 aliphatic carbocycles. The highest BCUT2D eigenvalue weighted by Gasteiger charge is 2.12. The summed E-state index contributed by atoms with van der Waals surface area (Å²) in [6.45, 7) is 0. The Labute approximate surface area is 197 Å². The topological polar surface area (TPSA) is 51.6 Å². The van der Waals surface area contributed by atoms with Crippen LogP contribution in [0.15, 0.2) is 122 Å². The summed E-state index contributed by atoms with van der Waals surface area (Å²) in [5.41, 5.74) is 7.95. The molecule has 0 aliphatic heterocycles.